The Balaban J connectivity index is 1.30. The predicted octanol–water partition coefficient (Wildman–Crippen LogP) is 5.22. The molecule has 4 bridgehead atoms. The predicted molar refractivity (Wildman–Crippen MR) is 143 cm³/mol. The molecule has 2 aromatic carbocycles. The van der Waals surface area contributed by atoms with Crippen molar-refractivity contribution >= 4 is 43.3 Å². The molecule has 0 saturated heterocycles. The molecular formula is C27H32BrN3O3S. The average Bonchev–Trinajstić information content (AvgIpc) is 2.80. The van der Waals surface area contributed by atoms with Crippen molar-refractivity contribution in [2.24, 2.45) is 22.9 Å². The highest BCUT2D eigenvalue weighted by Crippen LogP contribution is 2.60. The molecule has 0 aliphatic heterocycles. The summed E-state index contributed by atoms with van der Waals surface area (Å²) < 4.78 is 27.2. The van der Waals surface area contributed by atoms with Crippen LogP contribution in [0.5, 0.6) is 0 Å². The molecule has 4 aliphatic carbocycles. The van der Waals surface area contributed by atoms with Crippen LogP contribution in [0.15, 0.2) is 58.1 Å². The molecule has 0 heterocycles. The van der Waals surface area contributed by atoms with Gasteiger partial charge in [0.15, 0.2) is 0 Å². The summed E-state index contributed by atoms with van der Waals surface area (Å²) in [7, 11) is -3.65. The number of amides is 1. The molecule has 0 atom stereocenters. The highest BCUT2D eigenvalue weighted by Gasteiger charge is 2.51. The van der Waals surface area contributed by atoms with E-state index >= 15 is 0 Å². The van der Waals surface area contributed by atoms with Crippen molar-refractivity contribution in [3.05, 3.63) is 64.1 Å². The lowest BCUT2D eigenvalue weighted by molar-refractivity contribution is -0.119. The molecule has 2 aromatic rings. The Hall–Kier alpha value is -2.19. The summed E-state index contributed by atoms with van der Waals surface area (Å²) >= 11 is 3.40. The van der Waals surface area contributed by atoms with E-state index in [1.807, 2.05) is 36.4 Å². The van der Waals surface area contributed by atoms with E-state index in [-0.39, 0.29) is 12.0 Å². The van der Waals surface area contributed by atoms with Crippen molar-refractivity contribution < 1.29 is 13.2 Å². The zero-order valence-electron chi connectivity index (χ0n) is 20.2. The smallest absolute Gasteiger partial charge is 0.260 e. The topological polar surface area (TPSA) is 78.8 Å². The van der Waals surface area contributed by atoms with E-state index in [1.165, 1.54) is 44.1 Å². The number of carbonyl (C=O) groups excluding carboxylic acids is 1. The first kappa shape index (κ1) is 24.5. The molecule has 4 fully saturated rings. The quantitative estimate of drug-likeness (QED) is 0.374. The molecule has 1 amide bonds. The van der Waals surface area contributed by atoms with E-state index in [0.717, 1.165) is 38.4 Å². The first-order valence-electron chi connectivity index (χ1n) is 12.3. The van der Waals surface area contributed by atoms with Gasteiger partial charge in [0.2, 0.25) is 10.0 Å². The molecule has 0 aromatic heterocycles. The van der Waals surface area contributed by atoms with Crippen LogP contribution in [0.1, 0.15) is 56.6 Å². The molecule has 35 heavy (non-hydrogen) atoms. The summed E-state index contributed by atoms with van der Waals surface area (Å²) in [5.41, 5.74) is 6.09. The number of hydrazone groups is 1. The van der Waals surface area contributed by atoms with Crippen molar-refractivity contribution in [3.63, 3.8) is 0 Å². The highest BCUT2D eigenvalue weighted by atomic mass is 79.9. The fraction of sp³-hybridized carbons (Fsp3) is 0.481. The first-order valence-corrected chi connectivity index (χ1v) is 14.9. The Morgan fingerprint density at radius 1 is 1.00 bits per heavy atom. The normalized spacial score (nSPS) is 27.6. The summed E-state index contributed by atoms with van der Waals surface area (Å²) in [5.74, 6) is 2.05. The molecule has 0 spiro atoms. The lowest BCUT2D eigenvalue weighted by Crippen LogP contribution is -2.48. The third-order valence-corrected chi connectivity index (χ3v) is 9.77. The number of nitrogens with zero attached hydrogens (tertiary/aromatic N) is 2. The molecule has 0 radical (unpaired) electrons. The number of sulfonamides is 1. The molecule has 1 N–H and O–H groups in total. The molecule has 4 aliphatic rings. The highest BCUT2D eigenvalue weighted by molar-refractivity contribution is 9.10. The van der Waals surface area contributed by atoms with Crippen molar-refractivity contribution in [2.75, 3.05) is 17.1 Å². The summed E-state index contributed by atoms with van der Waals surface area (Å²) in [6, 6.07) is 15.5. The zero-order chi connectivity index (χ0) is 24.8. The van der Waals surface area contributed by atoms with E-state index in [9.17, 15) is 13.2 Å². The fourth-order valence-corrected chi connectivity index (χ4v) is 8.03. The number of carbonyl (C=O) groups is 1. The van der Waals surface area contributed by atoms with E-state index < -0.39 is 15.9 Å². The van der Waals surface area contributed by atoms with Gasteiger partial charge in [-0.3, -0.25) is 9.10 Å². The van der Waals surface area contributed by atoms with Crippen molar-refractivity contribution in [2.45, 2.75) is 50.9 Å². The summed E-state index contributed by atoms with van der Waals surface area (Å²) in [4.78, 5) is 12.6. The van der Waals surface area contributed by atoms with Crippen LogP contribution in [0.3, 0.4) is 0 Å². The average molecular weight is 559 g/mol. The number of hydrogen-bond donors (Lipinski definition) is 1. The van der Waals surface area contributed by atoms with Crippen LogP contribution in [0.25, 0.3) is 0 Å². The molecule has 6 nitrogen and oxygen atoms in total. The maximum Gasteiger partial charge on any atom is 0.260 e. The second kappa shape index (κ2) is 9.36. The Kier molecular flexibility index (Phi) is 6.55. The van der Waals surface area contributed by atoms with Gasteiger partial charge in [0.05, 0.1) is 17.7 Å². The Labute approximate surface area is 216 Å². The van der Waals surface area contributed by atoms with Gasteiger partial charge < -0.3 is 0 Å². The Bertz CT molecular complexity index is 1200. The van der Waals surface area contributed by atoms with Crippen LogP contribution >= 0.6 is 15.9 Å². The molecule has 4 saturated carbocycles. The molecule has 186 valence electrons. The van der Waals surface area contributed by atoms with Gasteiger partial charge in [-0.05, 0) is 104 Å². The summed E-state index contributed by atoms with van der Waals surface area (Å²) in [6.07, 6.45) is 9.06. The molecule has 0 unspecified atom stereocenters. The van der Waals surface area contributed by atoms with Gasteiger partial charge >= 0.3 is 0 Å². The van der Waals surface area contributed by atoms with E-state index in [2.05, 4.69) is 38.6 Å². The zero-order valence-corrected chi connectivity index (χ0v) is 22.6. The van der Waals surface area contributed by atoms with Crippen LogP contribution in [-0.4, -0.2) is 32.8 Å². The van der Waals surface area contributed by atoms with Gasteiger partial charge in [0.25, 0.3) is 5.91 Å². The number of nitrogens with one attached hydrogen (secondary N) is 1. The largest absolute Gasteiger partial charge is 0.271 e. The van der Waals surface area contributed by atoms with Gasteiger partial charge in [0.1, 0.15) is 6.54 Å². The number of anilines is 1. The minimum Gasteiger partial charge on any atom is -0.271 e. The maximum atomic E-state index is 12.6. The number of halogens is 1. The molecule has 6 rings (SSSR count). The van der Waals surface area contributed by atoms with Gasteiger partial charge in [-0.15, -0.1) is 0 Å². The summed E-state index contributed by atoms with van der Waals surface area (Å²) in [5, 5.41) is 4.15. The molecule has 8 heteroatoms. The third kappa shape index (κ3) is 5.19. The minimum atomic E-state index is -3.65. The van der Waals surface area contributed by atoms with Crippen LogP contribution in [0.4, 0.5) is 5.69 Å². The molecular weight excluding hydrogens is 526 g/mol. The fourth-order valence-electron chi connectivity index (χ4n) is 6.91. The van der Waals surface area contributed by atoms with Gasteiger partial charge in [0, 0.05) is 4.47 Å². The SMILES string of the molecule is C/C(=N/NC(=O)CN(c1ccc(C23CC4CC(CC(C4)C2)C3)cc1)S(C)(=O)=O)c1ccc(Br)cc1. The van der Waals surface area contributed by atoms with Crippen LogP contribution in [0.2, 0.25) is 0 Å². The van der Waals surface area contributed by atoms with Crippen molar-refractivity contribution in [3.8, 4) is 0 Å². The summed E-state index contributed by atoms with van der Waals surface area (Å²) in [6.45, 7) is 1.47. The van der Waals surface area contributed by atoms with Crippen LogP contribution in [-0.2, 0) is 20.2 Å². The third-order valence-electron chi connectivity index (χ3n) is 8.10. The maximum absolute atomic E-state index is 12.6. The van der Waals surface area contributed by atoms with Crippen molar-refractivity contribution in [1.82, 2.24) is 5.43 Å². The lowest BCUT2D eigenvalue weighted by atomic mass is 9.48. The minimum absolute atomic E-state index is 0.250. The van der Waals surface area contributed by atoms with E-state index in [1.54, 1.807) is 6.92 Å². The van der Waals surface area contributed by atoms with Crippen LogP contribution in [0, 0.1) is 17.8 Å². The lowest BCUT2D eigenvalue weighted by Gasteiger charge is -2.57. The van der Waals surface area contributed by atoms with Gasteiger partial charge in [-0.1, -0.05) is 40.2 Å². The first-order chi connectivity index (χ1) is 16.6. The van der Waals surface area contributed by atoms with Gasteiger partial charge in [-0.2, -0.15) is 5.10 Å². The Morgan fingerprint density at radius 3 is 2.06 bits per heavy atom. The number of hydrogen-bond acceptors (Lipinski definition) is 4. The van der Waals surface area contributed by atoms with Gasteiger partial charge in [-0.25, -0.2) is 13.8 Å². The second-order valence-electron chi connectivity index (χ2n) is 10.8. The standard InChI is InChI=1S/C27H32BrN3O3S/c1-18(22-3-7-24(28)8-4-22)29-30-26(32)17-31(35(2,33)34)25-9-5-23(6-10-25)27-14-19-11-20(15-27)13-21(12-19)16-27/h3-10,19-21H,11-17H2,1-2H3,(H,30,32)/b29-18-. The van der Waals surface area contributed by atoms with Crippen LogP contribution < -0.4 is 9.73 Å². The van der Waals surface area contributed by atoms with E-state index in [4.69, 9.17) is 0 Å². The Morgan fingerprint density at radius 2 is 1.54 bits per heavy atom. The second-order valence-corrected chi connectivity index (χ2v) is 13.6. The monoisotopic (exact) mass is 557 g/mol. The number of benzene rings is 2. The van der Waals surface area contributed by atoms with Crippen molar-refractivity contribution in [1.29, 1.82) is 0 Å². The number of rotatable bonds is 7. The van der Waals surface area contributed by atoms with E-state index in [0.29, 0.717) is 11.4 Å².